The van der Waals surface area contributed by atoms with Gasteiger partial charge in [-0.2, -0.15) is 0 Å². The van der Waals surface area contributed by atoms with Crippen LogP contribution in [-0.2, 0) is 14.3 Å². The van der Waals surface area contributed by atoms with E-state index in [1.807, 2.05) is 38.1 Å². The normalized spacial score (nSPS) is 19.7. The molecule has 21 heavy (non-hydrogen) atoms. The summed E-state index contributed by atoms with van der Waals surface area (Å²) >= 11 is 0. The number of nitrogens with one attached hydrogen (secondary N) is 1. The largest absolute Gasteiger partial charge is 0.383 e. The molecule has 1 saturated heterocycles. The molecular formula is C16H22N2O3. The lowest BCUT2D eigenvalue weighted by Crippen LogP contribution is -2.38. The second kappa shape index (κ2) is 6.72. The van der Waals surface area contributed by atoms with Crippen LogP contribution in [0.4, 0.5) is 5.69 Å². The van der Waals surface area contributed by atoms with Crippen LogP contribution in [0.3, 0.4) is 0 Å². The van der Waals surface area contributed by atoms with Crippen molar-refractivity contribution in [3.8, 4) is 0 Å². The number of likely N-dealkylation sites (tertiary alicyclic amines) is 1. The molecule has 2 rings (SSSR count). The molecule has 5 nitrogen and oxygen atoms in total. The third kappa shape index (κ3) is 3.82. The van der Waals surface area contributed by atoms with Gasteiger partial charge in [0.25, 0.3) is 0 Å². The lowest BCUT2D eigenvalue weighted by atomic mass is 10.1. The smallest absolute Gasteiger partial charge is 0.229 e. The molecular weight excluding hydrogens is 268 g/mol. The van der Waals surface area contributed by atoms with Crippen molar-refractivity contribution in [3.63, 3.8) is 0 Å². The van der Waals surface area contributed by atoms with E-state index in [1.54, 1.807) is 12.0 Å². The highest BCUT2D eigenvalue weighted by atomic mass is 16.5. The van der Waals surface area contributed by atoms with Crippen LogP contribution in [0.15, 0.2) is 24.3 Å². The Morgan fingerprint density at radius 2 is 2.29 bits per heavy atom. The van der Waals surface area contributed by atoms with Gasteiger partial charge in [-0.3, -0.25) is 9.59 Å². The van der Waals surface area contributed by atoms with Gasteiger partial charge in [0.2, 0.25) is 11.8 Å². The Morgan fingerprint density at radius 3 is 2.95 bits per heavy atom. The van der Waals surface area contributed by atoms with Gasteiger partial charge in [-0.25, -0.2) is 0 Å². The van der Waals surface area contributed by atoms with Crippen LogP contribution < -0.4 is 5.32 Å². The fourth-order valence-corrected chi connectivity index (χ4v) is 2.63. The maximum atomic E-state index is 12.3. The number of rotatable bonds is 5. The Balaban J connectivity index is 1.97. The van der Waals surface area contributed by atoms with Gasteiger partial charge in [0, 0.05) is 25.8 Å². The van der Waals surface area contributed by atoms with Crippen LogP contribution in [0.1, 0.15) is 18.9 Å². The molecule has 1 aromatic carbocycles. The second-order valence-corrected chi connectivity index (χ2v) is 5.61. The SMILES string of the molecule is COC[C@H](C)N1C[C@@H](C(=O)Nc2cccc(C)c2)CC1=O. The molecule has 0 aliphatic carbocycles. The number of carbonyl (C=O) groups is 2. The minimum Gasteiger partial charge on any atom is -0.383 e. The van der Waals surface area contributed by atoms with E-state index in [-0.39, 0.29) is 30.2 Å². The van der Waals surface area contributed by atoms with E-state index in [1.165, 1.54) is 0 Å². The molecule has 114 valence electrons. The molecule has 0 bridgehead atoms. The minimum absolute atomic E-state index is 0.000676. The Kier molecular flexibility index (Phi) is 4.96. The molecule has 0 aromatic heterocycles. The van der Waals surface area contributed by atoms with Gasteiger partial charge >= 0.3 is 0 Å². The summed E-state index contributed by atoms with van der Waals surface area (Å²) in [4.78, 5) is 26.0. The maximum Gasteiger partial charge on any atom is 0.229 e. The number of benzene rings is 1. The first-order valence-corrected chi connectivity index (χ1v) is 7.17. The van der Waals surface area contributed by atoms with Crippen molar-refractivity contribution in [1.82, 2.24) is 4.90 Å². The van der Waals surface area contributed by atoms with Gasteiger partial charge in [-0.15, -0.1) is 0 Å². The number of methoxy groups -OCH3 is 1. The lowest BCUT2D eigenvalue weighted by molar-refractivity contribution is -0.130. The molecule has 0 saturated carbocycles. The van der Waals surface area contributed by atoms with Crippen LogP contribution >= 0.6 is 0 Å². The second-order valence-electron chi connectivity index (χ2n) is 5.61. The fourth-order valence-electron chi connectivity index (χ4n) is 2.63. The molecule has 1 aliphatic rings. The third-order valence-electron chi connectivity index (χ3n) is 3.75. The first-order valence-electron chi connectivity index (χ1n) is 7.17. The van der Waals surface area contributed by atoms with Gasteiger partial charge in [-0.1, -0.05) is 12.1 Å². The van der Waals surface area contributed by atoms with Crippen LogP contribution in [0.5, 0.6) is 0 Å². The number of ether oxygens (including phenoxy) is 1. The Labute approximate surface area is 125 Å². The van der Waals surface area contributed by atoms with Gasteiger partial charge in [0.1, 0.15) is 0 Å². The van der Waals surface area contributed by atoms with Crippen LogP contribution in [0.2, 0.25) is 0 Å². The van der Waals surface area contributed by atoms with Crippen molar-refractivity contribution < 1.29 is 14.3 Å². The first-order chi connectivity index (χ1) is 10.0. The zero-order valence-corrected chi connectivity index (χ0v) is 12.8. The van der Waals surface area contributed by atoms with Crippen molar-refractivity contribution in [2.24, 2.45) is 5.92 Å². The zero-order chi connectivity index (χ0) is 15.4. The predicted octanol–water partition coefficient (Wildman–Crippen LogP) is 1.82. The standard InChI is InChI=1S/C16H22N2O3/c1-11-5-4-6-14(7-11)17-16(20)13-8-15(19)18(9-13)12(2)10-21-3/h4-7,12-13H,8-10H2,1-3H3,(H,17,20)/t12-,13-/m0/s1. The van der Waals surface area contributed by atoms with Crippen LogP contribution in [-0.4, -0.2) is 43.0 Å². The van der Waals surface area contributed by atoms with E-state index in [2.05, 4.69) is 5.32 Å². The quantitative estimate of drug-likeness (QED) is 0.900. The van der Waals surface area contributed by atoms with Gasteiger partial charge < -0.3 is 15.0 Å². The van der Waals surface area contributed by atoms with Crippen molar-refractivity contribution in [3.05, 3.63) is 29.8 Å². The summed E-state index contributed by atoms with van der Waals surface area (Å²) < 4.78 is 5.07. The molecule has 0 radical (unpaired) electrons. The molecule has 1 N–H and O–H groups in total. The number of hydrogen-bond acceptors (Lipinski definition) is 3. The summed E-state index contributed by atoms with van der Waals surface area (Å²) in [6.45, 7) is 4.85. The average molecular weight is 290 g/mol. The molecule has 1 heterocycles. The monoisotopic (exact) mass is 290 g/mol. The topological polar surface area (TPSA) is 58.6 Å². The Hall–Kier alpha value is -1.88. The number of amides is 2. The fraction of sp³-hybridized carbons (Fsp3) is 0.500. The summed E-state index contributed by atoms with van der Waals surface area (Å²) in [7, 11) is 1.61. The van der Waals surface area contributed by atoms with E-state index >= 15 is 0 Å². The Bertz CT molecular complexity index is 530. The molecule has 5 heteroatoms. The summed E-state index contributed by atoms with van der Waals surface area (Å²) in [5.74, 6) is -0.373. The van der Waals surface area contributed by atoms with E-state index in [4.69, 9.17) is 4.74 Å². The average Bonchev–Trinajstić information content (AvgIpc) is 2.81. The van der Waals surface area contributed by atoms with Crippen molar-refractivity contribution in [2.45, 2.75) is 26.3 Å². The molecule has 0 spiro atoms. The molecule has 1 aliphatic heterocycles. The molecule has 0 unspecified atom stereocenters. The lowest BCUT2D eigenvalue weighted by Gasteiger charge is -2.23. The molecule has 1 aromatic rings. The highest BCUT2D eigenvalue weighted by Crippen LogP contribution is 2.22. The minimum atomic E-state index is -0.294. The number of hydrogen-bond donors (Lipinski definition) is 1. The third-order valence-corrected chi connectivity index (χ3v) is 3.75. The van der Waals surface area contributed by atoms with Crippen molar-refractivity contribution in [2.75, 3.05) is 25.6 Å². The van der Waals surface area contributed by atoms with Crippen molar-refractivity contribution in [1.29, 1.82) is 0 Å². The Morgan fingerprint density at radius 1 is 1.52 bits per heavy atom. The summed E-state index contributed by atoms with van der Waals surface area (Å²) in [5, 5.41) is 2.89. The number of aryl methyl sites for hydroxylation is 1. The predicted molar refractivity (Wildman–Crippen MR) is 81.0 cm³/mol. The van der Waals surface area contributed by atoms with Gasteiger partial charge in [0.05, 0.1) is 18.6 Å². The first kappa shape index (κ1) is 15.5. The zero-order valence-electron chi connectivity index (χ0n) is 12.8. The van der Waals surface area contributed by atoms with Gasteiger partial charge in [0.15, 0.2) is 0 Å². The van der Waals surface area contributed by atoms with Crippen molar-refractivity contribution >= 4 is 17.5 Å². The summed E-state index contributed by atoms with van der Waals surface area (Å²) in [6, 6.07) is 7.65. The van der Waals surface area contributed by atoms with E-state index in [0.29, 0.717) is 13.2 Å². The van der Waals surface area contributed by atoms with E-state index in [0.717, 1.165) is 11.3 Å². The van der Waals surface area contributed by atoms with Crippen LogP contribution in [0.25, 0.3) is 0 Å². The van der Waals surface area contributed by atoms with Crippen LogP contribution in [0, 0.1) is 12.8 Å². The van der Waals surface area contributed by atoms with E-state index < -0.39 is 0 Å². The molecule has 2 amide bonds. The molecule has 1 fully saturated rings. The number of anilines is 1. The van der Waals surface area contributed by atoms with E-state index in [9.17, 15) is 9.59 Å². The number of carbonyl (C=O) groups excluding carboxylic acids is 2. The maximum absolute atomic E-state index is 12.3. The molecule has 2 atom stereocenters. The number of nitrogens with zero attached hydrogens (tertiary/aromatic N) is 1. The highest BCUT2D eigenvalue weighted by molar-refractivity contribution is 5.97. The highest BCUT2D eigenvalue weighted by Gasteiger charge is 2.36. The summed E-state index contributed by atoms with van der Waals surface area (Å²) in [6.07, 6.45) is 0.270. The van der Waals surface area contributed by atoms with Gasteiger partial charge in [-0.05, 0) is 31.5 Å². The summed E-state index contributed by atoms with van der Waals surface area (Å²) in [5.41, 5.74) is 1.86.